The molecule has 0 aliphatic rings. The van der Waals surface area contributed by atoms with Gasteiger partial charge in [-0.1, -0.05) is 11.6 Å². The van der Waals surface area contributed by atoms with Gasteiger partial charge >= 0.3 is 0 Å². The number of nitrogen functional groups attached to an aromatic ring is 1. The van der Waals surface area contributed by atoms with Crippen LogP contribution >= 0.6 is 22.9 Å². The zero-order valence-corrected chi connectivity index (χ0v) is 8.15. The topological polar surface area (TPSA) is 43.1 Å². The lowest BCUT2D eigenvalue weighted by Crippen LogP contribution is -1.91. The quantitative estimate of drug-likeness (QED) is 0.582. The van der Waals surface area contributed by atoms with E-state index in [-0.39, 0.29) is 0 Å². The molecule has 0 spiro atoms. The predicted molar refractivity (Wildman–Crippen MR) is 56.6 cm³/mol. The van der Waals surface area contributed by atoms with E-state index >= 15 is 0 Å². The third kappa shape index (κ3) is 1.20. The molecule has 0 aliphatic carbocycles. The van der Waals surface area contributed by atoms with E-state index in [2.05, 4.69) is 0 Å². The largest absolute Gasteiger partial charge is 0.397 e. The molecule has 1 heterocycles. The summed E-state index contributed by atoms with van der Waals surface area (Å²) in [7, 11) is 0. The first-order valence-electron chi connectivity index (χ1n) is 3.64. The van der Waals surface area contributed by atoms with Crippen LogP contribution in [0.2, 0.25) is 5.02 Å². The Bertz CT molecular complexity index is 478. The van der Waals surface area contributed by atoms with Gasteiger partial charge in [-0.3, -0.25) is 4.79 Å². The number of nitrogens with two attached hydrogens (primary N) is 1. The van der Waals surface area contributed by atoms with Crippen molar-refractivity contribution in [3.05, 3.63) is 28.1 Å². The van der Waals surface area contributed by atoms with Gasteiger partial charge in [-0.25, -0.2) is 0 Å². The van der Waals surface area contributed by atoms with Gasteiger partial charge in [0.1, 0.15) is 0 Å². The van der Waals surface area contributed by atoms with Crippen LogP contribution in [0.5, 0.6) is 0 Å². The standard InChI is InChI=1S/C9H6ClNOS/c10-9-6(4-12)5-1-2-13-8(5)3-7(9)11/h1-4H,11H2. The summed E-state index contributed by atoms with van der Waals surface area (Å²) in [5.41, 5.74) is 6.58. The number of carbonyl (C=O) groups is 1. The van der Waals surface area contributed by atoms with Crippen LogP contribution in [0.3, 0.4) is 0 Å². The molecule has 1 aromatic carbocycles. The lowest BCUT2D eigenvalue weighted by atomic mass is 10.1. The fraction of sp³-hybridized carbons (Fsp3) is 0. The maximum absolute atomic E-state index is 10.8. The third-order valence-corrected chi connectivity index (χ3v) is 3.17. The summed E-state index contributed by atoms with van der Waals surface area (Å²) in [5.74, 6) is 0. The zero-order valence-electron chi connectivity index (χ0n) is 6.58. The van der Waals surface area contributed by atoms with Crippen molar-refractivity contribution in [1.82, 2.24) is 0 Å². The van der Waals surface area contributed by atoms with Gasteiger partial charge in [-0.2, -0.15) is 0 Å². The van der Waals surface area contributed by atoms with Crippen LogP contribution in [-0.2, 0) is 0 Å². The molecular weight excluding hydrogens is 206 g/mol. The summed E-state index contributed by atoms with van der Waals surface area (Å²) < 4.78 is 0.990. The SMILES string of the molecule is Nc1cc2sccc2c(C=O)c1Cl. The van der Waals surface area contributed by atoms with E-state index in [1.165, 1.54) is 0 Å². The van der Waals surface area contributed by atoms with Gasteiger partial charge in [0.15, 0.2) is 6.29 Å². The molecule has 1 aromatic heterocycles. The molecule has 0 bridgehead atoms. The monoisotopic (exact) mass is 211 g/mol. The average Bonchev–Trinajstić information content (AvgIpc) is 2.54. The van der Waals surface area contributed by atoms with E-state index in [0.29, 0.717) is 16.3 Å². The molecule has 0 radical (unpaired) electrons. The summed E-state index contributed by atoms with van der Waals surface area (Å²) in [4.78, 5) is 10.8. The van der Waals surface area contributed by atoms with Gasteiger partial charge in [-0.15, -0.1) is 11.3 Å². The lowest BCUT2D eigenvalue weighted by Gasteiger charge is -2.01. The summed E-state index contributed by atoms with van der Waals surface area (Å²) in [6.07, 6.45) is 0.744. The Balaban J connectivity index is 2.95. The number of rotatable bonds is 1. The van der Waals surface area contributed by atoms with Crippen LogP contribution in [0, 0.1) is 0 Å². The van der Waals surface area contributed by atoms with Crippen molar-refractivity contribution < 1.29 is 4.79 Å². The molecule has 13 heavy (non-hydrogen) atoms. The van der Waals surface area contributed by atoms with Crippen molar-refractivity contribution in [3.8, 4) is 0 Å². The Labute approximate surface area is 83.9 Å². The minimum atomic E-state index is 0.348. The summed E-state index contributed by atoms with van der Waals surface area (Å²) in [6, 6.07) is 3.66. The van der Waals surface area contributed by atoms with E-state index in [0.717, 1.165) is 16.4 Å². The lowest BCUT2D eigenvalue weighted by molar-refractivity contribution is 0.112. The first-order chi connectivity index (χ1) is 6.24. The van der Waals surface area contributed by atoms with Gasteiger partial charge in [0, 0.05) is 15.6 Å². The van der Waals surface area contributed by atoms with Crippen LogP contribution < -0.4 is 5.73 Å². The van der Waals surface area contributed by atoms with Gasteiger partial charge in [0.05, 0.1) is 10.7 Å². The van der Waals surface area contributed by atoms with Crippen molar-refractivity contribution >= 4 is 45.0 Å². The highest BCUT2D eigenvalue weighted by atomic mass is 35.5. The Kier molecular flexibility index (Phi) is 1.98. The number of benzene rings is 1. The molecule has 2 N–H and O–H groups in total. The van der Waals surface area contributed by atoms with Crippen LogP contribution in [0.15, 0.2) is 17.5 Å². The Morgan fingerprint density at radius 3 is 3.00 bits per heavy atom. The molecule has 0 aliphatic heterocycles. The fourth-order valence-electron chi connectivity index (χ4n) is 1.25. The highest BCUT2D eigenvalue weighted by molar-refractivity contribution is 7.17. The minimum absolute atomic E-state index is 0.348. The normalized spacial score (nSPS) is 10.5. The fourth-order valence-corrected chi connectivity index (χ4v) is 2.30. The van der Waals surface area contributed by atoms with Crippen LogP contribution in [-0.4, -0.2) is 6.29 Å². The number of anilines is 1. The number of thiophene rings is 1. The van der Waals surface area contributed by atoms with E-state index in [1.54, 1.807) is 17.4 Å². The molecule has 4 heteroatoms. The maximum atomic E-state index is 10.8. The van der Waals surface area contributed by atoms with E-state index in [1.807, 2.05) is 11.4 Å². The van der Waals surface area contributed by atoms with Crippen molar-refractivity contribution in [1.29, 1.82) is 0 Å². The molecule has 0 fully saturated rings. The Morgan fingerprint density at radius 2 is 2.31 bits per heavy atom. The van der Waals surface area contributed by atoms with Gasteiger partial charge in [0.25, 0.3) is 0 Å². The van der Waals surface area contributed by atoms with Crippen LogP contribution in [0.25, 0.3) is 10.1 Å². The second-order valence-electron chi connectivity index (χ2n) is 2.64. The Morgan fingerprint density at radius 1 is 1.54 bits per heavy atom. The Hall–Kier alpha value is -1.06. The number of carbonyl (C=O) groups excluding carboxylic acids is 1. The molecule has 0 saturated heterocycles. The van der Waals surface area contributed by atoms with Crippen molar-refractivity contribution in [2.45, 2.75) is 0 Å². The zero-order chi connectivity index (χ0) is 9.42. The van der Waals surface area contributed by atoms with E-state index < -0.39 is 0 Å². The van der Waals surface area contributed by atoms with E-state index in [4.69, 9.17) is 17.3 Å². The summed E-state index contributed by atoms with van der Waals surface area (Å²) in [6.45, 7) is 0. The molecule has 0 saturated carbocycles. The second kappa shape index (κ2) is 3.01. The van der Waals surface area contributed by atoms with Crippen molar-refractivity contribution in [3.63, 3.8) is 0 Å². The van der Waals surface area contributed by atoms with Crippen LogP contribution in [0.1, 0.15) is 10.4 Å². The van der Waals surface area contributed by atoms with Crippen molar-refractivity contribution in [2.75, 3.05) is 5.73 Å². The first-order valence-corrected chi connectivity index (χ1v) is 4.90. The highest BCUT2D eigenvalue weighted by Crippen LogP contribution is 2.33. The maximum Gasteiger partial charge on any atom is 0.152 e. The minimum Gasteiger partial charge on any atom is -0.397 e. The number of aldehydes is 1. The molecule has 2 rings (SSSR count). The first kappa shape index (κ1) is 8.53. The number of fused-ring (bicyclic) bond motifs is 1. The van der Waals surface area contributed by atoms with Crippen LogP contribution in [0.4, 0.5) is 5.69 Å². The van der Waals surface area contributed by atoms with E-state index in [9.17, 15) is 4.79 Å². The molecule has 0 unspecified atom stereocenters. The molecule has 2 nitrogen and oxygen atoms in total. The van der Waals surface area contributed by atoms with Gasteiger partial charge in [0.2, 0.25) is 0 Å². The van der Waals surface area contributed by atoms with Gasteiger partial charge < -0.3 is 5.73 Å². The number of hydrogen-bond donors (Lipinski definition) is 1. The average molecular weight is 212 g/mol. The summed E-state index contributed by atoms with van der Waals surface area (Å²) in [5, 5.41) is 3.13. The number of halogens is 1. The second-order valence-corrected chi connectivity index (χ2v) is 3.97. The molecular formula is C9H6ClNOS. The molecule has 0 amide bonds. The summed E-state index contributed by atoms with van der Waals surface area (Å²) >= 11 is 7.42. The smallest absolute Gasteiger partial charge is 0.152 e. The van der Waals surface area contributed by atoms with Gasteiger partial charge in [-0.05, 0) is 17.5 Å². The van der Waals surface area contributed by atoms with Crippen molar-refractivity contribution in [2.24, 2.45) is 0 Å². The highest BCUT2D eigenvalue weighted by Gasteiger charge is 2.09. The molecule has 66 valence electrons. The molecule has 2 aromatic rings. The predicted octanol–water partition coefficient (Wildman–Crippen LogP) is 2.95. The third-order valence-electron chi connectivity index (χ3n) is 1.88. The number of hydrogen-bond acceptors (Lipinski definition) is 3. The molecule has 0 atom stereocenters.